The van der Waals surface area contributed by atoms with E-state index in [0.29, 0.717) is 17.9 Å². The molecular formula is C22H25NO4. The summed E-state index contributed by atoms with van der Waals surface area (Å²) < 4.78 is 5.66. The number of rotatable bonds is 5. The molecule has 27 heavy (non-hydrogen) atoms. The number of carboxylic acid groups (broad SMARTS) is 1. The fourth-order valence-corrected chi connectivity index (χ4v) is 3.37. The van der Waals surface area contributed by atoms with Gasteiger partial charge in [-0.25, -0.2) is 4.79 Å². The Hall–Kier alpha value is -2.82. The summed E-state index contributed by atoms with van der Waals surface area (Å²) in [5, 5.41) is 9.26. The van der Waals surface area contributed by atoms with Crippen LogP contribution >= 0.6 is 0 Å². The summed E-state index contributed by atoms with van der Waals surface area (Å²) in [6, 6.07) is 16.9. The van der Waals surface area contributed by atoms with Gasteiger partial charge in [0.15, 0.2) is 5.60 Å². The van der Waals surface area contributed by atoms with E-state index in [-0.39, 0.29) is 11.8 Å². The second-order valence-electron chi connectivity index (χ2n) is 7.45. The molecule has 2 aromatic rings. The van der Waals surface area contributed by atoms with Crippen LogP contribution in [0.25, 0.3) is 0 Å². The summed E-state index contributed by atoms with van der Waals surface area (Å²) in [6.07, 6.45) is 1.93. The van der Waals surface area contributed by atoms with E-state index < -0.39 is 11.6 Å². The maximum atomic E-state index is 12.7. The lowest BCUT2D eigenvalue weighted by molar-refractivity contribution is -0.152. The Labute approximate surface area is 159 Å². The molecule has 2 aromatic carbocycles. The predicted molar refractivity (Wildman–Crippen MR) is 103 cm³/mol. The van der Waals surface area contributed by atoms with Crippen molar-refractivity contribution in [1.82, 2.24) is 4.90 Å². The first-order chi connectivity index (χ1) is 12.9. The zero-order valence-corrected chi connectivity index (χ0v) is 15.7. The average molecular weight is 367 g/mol. The Morgan fingerprint density at radius 3 is 2.56 bits per heavy atom. The summed E-state index contributed by atoms with van der Waals surface area (Å²) in [7, 11) is 0. The van der Waals surface area contributed by atoms with Gasteiger partial charge in [0.2, 0.25) is 0 Å². The van der Waals surface area contributed by atoms with Gasteiger partial charge in [0.1, 0.15) is 5.75 Å². The molecule has 1 N–H and O–H groups in total. The number of aliphatic carboxylic acids is 1. The third-order valence-electron chi connectivity index (χ3n) is 4.95. The number of nitrogens with zero attached hydrogens (tertiary/aromatic N) is 1. The number of carbonyl (C=O) groups excluding carboxylic acids is 1. The van der Waals surface area contributed by atoms with Crippen molar-refractivity contribution in [2.24, 2.45) is 0 Å². The Balaban J connectivity index is 1.74. The number of likely N-dealkylation sites (tertiary alicyclic amines) is 1. The molecule has 5 heteroatoms. The van der Waals surface area contributed by atoms with Gasteiger partial charge in [0.05, 0.1) is 0 Å². The molecule has 0 aromatic heterocycles. The minimum absolute atomic E-state index is 0.0553. The van der Waals surface area contributed by atoms with Crippen LogP contribution in [0.3, 0.4) is 0 Å². The number of hydrogen-bond donors (Lipinski definition) is 1. The van der Waals surface area contributed by atoms with Crippen molar-refractivity contribution in [3.63, 3.8) is 0 Å². The fourth-order valence-electron chi connectivity index (χ4n) is 3.37. The quantitative estimate of drug-likeness (QED) is 0.869. The van der Waals surface area contributed by atoms with E-state index in [1.165, 1.54) is 13.8 Å². The number of carboxylic acids is 1. The van der Waals surface area contributed by atoms with E-state index in [9.17, 15) is 14.7 Å². The van der Waals surface area contributed by atoms with Crippen LogP contribution < -0.4 is 4.74 Å². The first kappa shape index (κ1) is 19.0. The van der Waals surface area contributed by atoms with Gasteiger partial charge < -0.3 is 14.7 Å². The van der Waals surface area contributed by atoms with Gasteiger partial charge in [0, 0.05) is 24.6 Å². The van der Waals surface area contributed by atoms with Crippen molar-refractivity contribution in [2.75, 3.05) is 13.1 Å². The molecule has 1 aliphatic rings. The molecule has 1 fully saturated rings. The molecule has 1 saturated heterocycles. The van der Waals surface area contributed by atoms with E-state index in [0.717, 1.165) is 24.9 Å². The summed E-state index contributed by atoms with van der Waals surface area (Å²) in [5.74, 6) is -0.209. The monoisotopic (exact) mass is 367 g/mol. The molecule has 0 saturated carbocycles. The van der Waals surface area contributed by atoms with Gasteiger partial charge in [-0.05, 0) is 56.5 Å². The molecule has 0 aliphatic carbocycles. The smallest absolute Gasteiger partial charge is 0.347 e. The highest BCUT2D eigenvalue weighted by atomic mass is 16.5. The van der Waals surface area contributed by atoms with Gasteiger partial charge in [-0.15, -0.1) is 0 Å². The van der Waals surface area contributed by atoms with Crippen molar-refractivity contribution in [3.8, 4) is 5.75 Å². The third-order valence-corrected chi connectivity index (χ3v) is 4.95. The van der Waals surface area contributed by atoms with Gasteiger partial charge >= 0.3 is 5.97 Å². The first-order valence-electron chi connectivity index (χ1n) is 9.23. The van der Waals surface area contributed by atoms with Crippen LogP contribution in [0.15, 0.2) is 54.6 Å². The summed E-state index contributed by atoms with van der Waals surface area (Å²) in [5.41, 5.74) is 0.484. The molecule has 142 valence electrons. The zero-order chi connectivity index (χ0) is 19.4. The van der Waals surface area contributed by atoms with Crippen LogP contribution in [0.5, 0.6) is 5.75 Å². The van der Waals surface area contributed by atoms with E-state index in [4.69, 9.17) is 4.74 Å². The highest BCUT2D eigenvalue weighted by Crippen LogP contribution is 2.30. The molecule has 1 heterocycles. The van der Waals surface area contributed by atoms with Crippen molar-refractivity contribution in [3.05, 3.63) is 65.7 Å². The summed E-state index contributed by atoms with van der Waals surface area (Å²) >= 11 is 0. The third kappa shape index (κ3) is 4.48. The van der Waals surface area contributed by atoms with Crippen LogP contribution in [0.2, 0.25) is 0 Å². The molecule has 0 spiro atoms. The topological polar surface area (TPSA) is 66.8 Å². The normalized spacial score (nSPS) is 17.4. The molecule has 0 radical (unpaired) electrons. The number of benzene rings is 2. The van der Waals surface area contributed by atoms with Crippen molar-refractivity contribution >= 4 is 11.9 Å². The SMILES string of the molecule is CC(C)(Oc1cccc(C2CCCN(C(=O)c3ccccc3)C2)c1)C(=O)O. The molecule has 1 amide bonds. The Morgan fingerprint density at radius 1 is 1.11 bits per heavy atom. The zero-order valence-electron chi connectivity index (χ0n) is 15.7. The highest BCUT2D eigenvalue weighted by Gasteiger charge is 2.30. The van der Waals surface area contributed by atoms with Crippen LogP contribution in [-0.2, 0) is 4.79 Å². The average Bonchev–Trinajstić information content (AvgIpc) is 2.68. The van der Waals surface area contributed by atoms with E-state index in [1.807, 2.05) is 53.4 Å². The lowest BCUT2D eigenvalue weighted by Crippen LogP contribution is -2.39. The predicted octanol–water partition coefficient (Wildman–Crippen LogP) is 3.95. The minimum Gasteiger partial charge on any atom is -0.478 e. The van der Waals surface area contributed by atoms with Crippen molar-refractivity contribution < 1.29 is 19.4 Å². The summed E-state index contributed by atoms with van der Waals surface area (Å²) in [4.78, 5) is 25.9. The van der Waals surface area contributed by atoms with E-state index in [1.54, 1.807) is 6.07 Å². The van der Waals surface area contributed by atoms with Gasteiger partial charge in [0.25, 0.3) is 5.91 Å². The Bertz CT molecular complexity index is 816. The lowest BCUT2D eigenvalue weighted by atomic mass is 9.90. The summed E-state index contributed by atoms with van der Waals surface area (Å²) in [6.45, 7) is 4.47. The Morgan fingerprint density at radius 2 is 1.85 bits per heavy atom. The van der Waals surface area contributed by atoms with Crippen molar-refractivity contribution in [1.29, 1.82) is 0 Å². The number of ether oxygens (including phenoxy) is 1. The second-order valence-corrected chi connectivity index (χ2v) is 7.45. The van der Waals surface area contributed by atoms with Crippen LogP contribution in [0.1, 0.15) is 48.5 Å². The number of amides is 1. The largest absolute Gasteiger partial charge is 0.478 e. The van der Waals surface area contributed by atoms with E-state index in [2.05, 4.69) is 0 Å². The minimum atomic E-state index is -1.29. The highest BCUT2D eigenvalue weighted by molar-refractivity contribution is 5.94. The fraction of sp³-hybridized carbons (Fsp3) is 0.364. The standard InChI is InChI=1S/C22H25NO4/c1-22(2,21(25)26)27-19-12-6-10-17(14-19)18-11-7-13-23(15-18)20(24)16-8-4-3-5-9-16/h3-6,8-10,12,14,18H,7,11,13,15H2,1-2H3,(H,25,26). The first-order valence-corrected chi connectivity index (χ1v) is 9.23. The van der Waals surface area contributed by atoms with Crippen LogP contribution in [0, 0.1) is 0 Å². The molecule has 3 rings (SSSR count). The molecule has 1 atom stereocenters. The molecule has 1 unspecified atom stereocenters. The van der Waals surface area contributed by atoms with Crippen LogP contribution in [-0.4, -0.2) is 40.6 Å². The molecule has 0 bridgehead atoms. The van der Waals surface area contributed by atoms with Gasteiger partial charge in [-0.2, -0.15) is 0 Å². The maximum Gasteiger partial charge on any atom is 0.347 e. The molecule has 5 nitrogen and oxygen atoms in total. The number of hydrogen-bond acceptors (Lipinski definition) is 3. The molecular weight excluding hydrogens is 342 g/mol. The number of piperidine rings is 1. The van der Waals surface area contributed by atoms with Gasteiger partial charge in [-0.1, -0.05) is 30.3 Å². The second kappa shape index (κ2) is 7.82. The Kier molecular flexibility index (Phi) is 5.49. The van der Waals surface area contributed by atoms with E-state index >= 15 is 0 Å². The maximum absolute atomic E-state index is 12.7. The van der Waals surface area contributed by atoms with Gasteiger partial charge in [-0.3, -0.25) is 4.79 Å². The van der Waals surface area contributed by atoms with Crippen LogP contribution in [0.4, 0.5) is 0 Å². The number of carbonyl (C=O) groups is 2. The molecule has 1 aliphatic heterocycles. The van der Waals surface area contributed by atoms with Crippen molar-refractivity contribution in [2.45, 2.75) is 38.2 Å². The lowest BCUT2D eigenvalue weighted by Gasteiger charge is -2.33.